The number of aliphatic hydroxyl groups is 1. The maximum Gasteiger partial charge on any atom is 0.227 e. The Morgan fingerprint density at radius 2 is 1.95 bits per heavy atom. The monoisotopic (exact) mass is 560 g/mol. The lowest BCUT2D eigenvalue weighted by Crippen LogP contribution is -2.50. The molecule has 202 valence electrons. The summed E-state index contributed by atoms with van der Waals surface area (Å²) in [6, 6.07) is 3.90. The van der Waals surface area contributed by atoms with Gasteiger partial charge < -0.3 is 15.2 Å². The van der Waals surface area contributed by atoms with Crippen molar-refractivity contribution in [3.05, 3.63) is 40.3 Å². The van der Waals surface area contributed by atoms with E-state index in [0.29, 0.717) is 65.5 Å². The van der Waals surface area contributed by atoms with E-state index in [1.165, 1.54) is 19.3 Å². The van der Waals surface area contributed by atoms with Gasteiger partial charge >= 0.3 is 0 Å². The van der Waals surface area contributed by atoms with E-state index in [1.807, 2.05) is 21.7 Å². The summed E-state index contributed by atoms with van der Waals surface area (Å²) in [6.45, 7) is 1.66. The van der Waals surface area contributed by atoms with Crippen molar-refractivity contribution in [1.29, 1.82) is 0 Å². The summed E-state index contributed by atoms with van der Waals surface area (Å²) in [5.41, 5.74) is 2.12. The Balaban J connectivity index is 1.10. The zero-order chi connectivity index (χ0) is 26.0. The molecule has 2 aliphatic heterocycles. The zero-order valence-electron chi connectivity index (χ0n) is 20.9. The second-order valence-electron chi connectivity index (χ2n) is 11.4. The fourth-order valence-corrected chi connectivity index (χ4v) is 7.53. The zero-order valence-corrected chi connectivity index (χ0v) is 22.5. The van der Waals surface area contributed by atoms with E-state index in [-0.39, 0.29) is 18.5 Å². The van der Waals surface area contributed by atoms with Crippen molar-refractivity contribution in [2.45, 2.75) is 62.4 Å². The van der Waals surface area contributed by atoms with Gasteiger partial charge in [-0.05, 0) is 68.2 Å². The largest absolute Gasteiger partial charge is 0.389 e. The molecule has 0 amide bonds. The van der Waals surface area contributed by atoms with Crippen LogP contribution < -0.4 is 5.32 Å². The number of hydrogen-bond donors (Lipinski definition) is 2. The highest BCUT2D eigenvalue weighted by atomic mass is 35.5. The van der Waals surface area contributed by atoms with Crippen molar-refractivity contribution in [2.24, 2.45) is 11.8 Å². The van der Waals surface area contributed by atoms with Crippen molar-refractivity contribution < 1.29 is 14.2 Å². The molecule has 0 spiro atoms. The van der Waals surface area contributed by atoms with Gasteiger partial charge in [0.05, 0.1) is 48.8 Å². The van der Waals surface area contributed by atoms with E-state index in [0.717, 1.165) is 23.3 Å². The average molecular weight is 561 g/mol. The number of nitrogens with zero attached hydrogens (tertiary/aromatic N) is 5. The van der Waals surface area contributed by atoms with E-state index in [2.05, 4.69) is 15.4 Å². The van der Waals surface area contributed by atoms with Gasteiger partial charge in [-0.2, -0.15) is 5.10 Å². The van der Waals surface area contributed by atoms with Crippen LogP contribution in [-0.2, 0) is 4.74 Å². The lowest BCUT2D eigenvalue weighted by atomic mass is 9.63. The Morgan fingerprint density at radius 3 is 2.68 bits per heavy atom. The molecule has 2 bridgehead atoms. The van der Waals surface area contributed by atoms with Gasteiger partial charge in [-0.1, -0.05) is 23.2 Å². The van der Waals surface area contributed by atoms with Gasteiger partial charge in [0.15, 0.2) is 5.15 Å². The van der Waals surface area contributed by atoms with Gasteiger partial charge in [0.1, 0.15) is 6.17 Å². The molecule has 2 saturated heterocycles. The predicted octanol–water partition coefficient (Wildman–Crippen LogP) is 5.12. The molecule has 0 radical (unpaired) electrons. The number of rotatable bonds is 5. The molecule has 2 aromatic heterocycles. The minimum atomic E-state index is -1.11. The first-order chi connectivity index (χ1) is 18.4. The Morgan fingerprint density at radius 1 is 1.08 bits per heavy atom. The number of hydrogen-bond acceptors (Lipinski definition) is 7. The molecule has 3 aliphatic carbocycles. The molecule has 38 heavy (non-hydrogen) atoms. The fourth-order valence-electron chi connectivity index (χ4n) is 6.96. The van der Waals surface area contributed by atoms with Crippen molar-refractivity contribution >= 4 is 45.7 Å². The standard InChI is InChI=1S/C27H31Cl2FN6O2/c28-19-7-16-9-31-27(34-22-10-32-36(26(22)29)23-2-1-14-5-15(23)6-14)33-21(16)8-18(19)17-3-4-35(11-20(17)30)24-12-38-13-25(24)37/h7-10,14-15,17,20,23-25,37H,1-6,11-13H2,(H,31,33,34)/t14?,15?,17?,20-,23?,24+,25?/m0/s1. The van der Waals surface area contributed by atoms with E-state index in [9.17, 15) is 5.11 Å². The first-order valence-corrected chi connectivity index (χ1v) is 14.3. The summed E-state index contributed by atoms with van der Waals surface area (Å²) >= 11 is 13.4. The summed E-state index contributed by atoms with van der Waals surface area (Å²) in [5, 5.41) is 19.8. The lowest BCUT2D eigenvalue weighted by Gasteiger charge is -2.46. The number of piperidine rings is 1. The van der Waals surface area contributed by atoms with Crippen LogP contribution in [0.1, 0.15) is 49.6 Å². The maximum absolute atomic E-state index is 15.4. The van der Waals surface area contributed by atoms with Crippen LogP contribution in [0.3, 0.4) is 0 Å². The van der Waals surface area contributed by atoms with Crippen LogP contribution in [0.25, 0.3) is 10.9 Å². The number of alkyl halides is 1. The molecule has 3 saturated carbocycles. The van der Waals surface area contributed by atoms with Gasteiger partial charge in [-0.25, -0.2) is 19.0 Å². The molecule has 8 nitrogen and oxygen atoms in total. The van der Waals surface area contributed by atoms with Gasteiger partial charge in [-0.3, -0.25) is 4.90 Å². The number of fused-ring (bicyclic) bond motifs is 3. The van der Waals surface area contributed by atoms with Gasteiger partial charge in [-0.15, -0.1) is 0 Å². The molecule has 5 atom stereocenters. The molecule has 1 aromatic carbocycles. The molecule has 5 aliphatic rings. The third-order valence-electron chi connectivity index (χ3n) is 9.14. The van der Waals surface area contributed by atoms with Crippen molar-refractivity contribution in [2.75, 3.05) is 31.6 Å². The molecule has 8 rings (SSSR count). The lowest BCUT2D eigenvalue weighted by molar-refractivity contribution is 0.0353. The Kier molecular flexibility index (Phi) is 6.47. The van der Waals surface area contributed by atoms with Crippen molar-refractivity contribution in [1.82, 2.24) is 24.6 Å². The molecular weight excluding hydrogens is 530 g/mol. The van der Waals surface area contributed by atoms with Crippen LogP contribution in [-0.4, -0.2) is 74.4 Å². The number of anilines is 2. The molecule has 3 aromatic rings. The predicted molar refractivity (Wildman–Crippen MR) is 144 cm³/mol. The molecule has 11 heteroatoms. The molecule has 3 unspecified atom stereocenters. The SMILES string of the molecule is OC1COC[C@H]1N1CCC(c2cc3nc(Nc4cnn(C5CCC6CC5C6)c4Cl)ncc3cc2Cl)[C@@H](F)C1. The number of aromatic nitrogens is 4. The molecular formula is C27H31Cl2FN6O2. The highest BCUT2D eigenvalue weighted by molar-refractivity contribution is 6.32. The smallest absolute Gasteiger partial charge is 0.227 e. The van der Waals surface area contributed by atoms with E-state index >= 15 is 4.39 Å². The number of benzene rings is 1. The number of ether oxygens (including phenoxy) is 1. The highest BCUT2D eigenvalue weighted by Crippen LogP contribution is 2.51. The first kappa shape index (κ1) is 25.0. The second-order valence-corrected chi connectivity index (χ2v) is 12.1. The number of aliphatic hydroxyl groups excluding tert-OH is 1. The minimum absolute atomic E-state index is 0.150. The summed E-state index contributed by atoms with van der Waals surface area (Å²) in [4.78, 5) is 11.2. The summed E-state index contributed by atoms with van der Waals surface area (Å²) in [6.07, 6.45) is 7.29. The van der Waals surface area contributed by atoms with Crippen LogP contribution in [0.2, 0.25) is 10.2 Å². The minimum Gasteiger partial charge on any atom is -0.389 e. The van der Waals surface area contributed by atoms with Crippen LogP contribution >= 0.6 is 23.2 Å². The van der Waals surface area contributed by atoms with Gasteiger partial charge in [0, 0.05) is 29.1 Å². The molecule has 4 heterocycles. The topological polar surface area (TPSA) is 88.3 Å². The number of likely N-dealkylation sites (tertiary alicyclic amines) is 1. The summed E-state index contributed by atoms with van der Waals surface area (Å²) in [7, 11) is 0. The van der Waals surface area contributed by atoms with E-state index < -0.39 is 12.3 Å². The van der Waals surface area contributed by atoms with Crippen molar-refractivity contribution in [3.63, 3.8) is 0 Å². The summed E-state index contributed by atoms with van der Waals surface area (Å²) < 4.78 is 22.8. The second kappa shape index (κ2) is 9.86. The maximum atomic E-state index is 15.4. The van der Waals surface area contributed by atoms with Crippen LogP contribution in [0.4, 0.5) is 16.0 Å². The first-order valence-electron chi connectivity index (χ1n) is 13.5. The van der Waals surface area contributed by atoms with E-state index in [1.54, 1.807) is 12.4 Å². The van der Waals surface area contributed by atoms with Gasteiger partial charge in [0.2, 0.25) is 5.95 Å². The van der Waals surface area contributed by atoms with Crippen LogP contribution in [0, 0.1) is 11.8 Å². The van der Waals surface area contributed by atoms with E-state index in [4.69, 9.17) is 32.9 Å². The number of halogens is 3. The number of nitrogens with one attached hydrogen (secondary N) is 1. The Labute approximate surface area is 230 Å². The fraction of sp³-hybridized carbons (Fsp3) is 0.593. The average Bonchev–Trinajstić information content (AvgIpc) is 3.48. The van der Waals surface area contributed by atoms with Crippen molar-refractivity contribution in [3.8, 4) is 0 Å². The third kappa shape index (κ3) is 4.36. The molecule has 5 fully saturated rings. The molecule has 2 N–H and O–H groups in total. The van der Waals surface area contributed by atoms with Gasteiger partial charge in [0.25, 0.3) is 0 Å². The Bertz CT molecular complexity index is 1350. The Hall–Kier alpha value is -2.04. The quantitative estimate of drug-likeness (QED) is 0.447. The highest BCUT2D eigenvalue weighted by Gasteiger charge is 2.42. The van der Waals surface area contributed by atoms with Crippen LogP contribution in [0.15, 0.2) is 24.5 Å². The third-order valence-corrected chi connectivity index (χ3v) is 9.85. The summed E-state index contributed by atoms with van der Waals surface area (Å²) in [5.74, 6) is 1.62. The normalized spacial score (nSPS) is 33.4. The van der Waals surface area contributed by atoms with Crippen LogP contribution in [0.5, 0.6) is 0 Å².